The monoisotopic (exact) mass is 375 g/mol. The Morgan fingerprint density at radius 3 is 2.18 bits per heavy atom. The maximum atomic E-state index is 13.0. The lowest BCUT2D eigenvalue weighted by Gasteiger charge is -2.46. The van der Waals surface area contributed by atoms with Gasteiger partial charge < -0.3 is 14.6 Å². The van der Waals surface area contributed by atoms with E-state index in [1.54, 1.807) is 12.0 Å². The highest BCUT2D eigenvalue weighted by Gasteiger charge is 2.51. The Balaban J connectivity index is 1.67. The van der Waals surface area contributed by atoms with Crippen LogP contribution in [0.3, 0.4) is 0 Å². The van der Waals surface area contributed by atoms with Crippen molar-refractivity contribution in [1.82, 2.24) is 0 Å². The number of amides is 1. The molecule has 4 rings (SSSR count). The summed E-state index contributed by atoms with van der Waals surface area (Å²) in [6, 6.07) is 24.1. The molecule has 2 atom stereocenters. The van der Waals surface area contributed by atoms with Crippen LogP contribution in [0.4, 0.5) is 5.69 Å². The van der Waals surface area contributed by atoms with Gasteiger partial charge in [0.15, 0.2) is 0 Å². The average Bonchev–Trinajstić information content (AvgIpc) is 2.76. The predicted octanol–water partition coefficient (Wildman–Crippen LogP) is 3.72. The van der Waals surface area contributed by atoms with Gasteiger partial charge in [-0.3, -0.25) is 9.69 Å². The number of β-lactam (4-membered cyclic amide) rings is 1. The molecule has 5 heteroatoms. The number of hydrogen-bond donors (Lipinski definition) is 1. The van der Waals surface area contributed by atoms with Gasteiger partial charge in [0, 0.05) is 5.69 Å². The molecule has 1 aliphatic heterocycles. The summed E-state index contributed by atoms with van der Waals surface area (Å²) in [5, 5.41) is 9.26. The van der Waals surface area contributed by atoms with Crippen LogP contribution in [0.15, 0.2) is 78.9 Å². The van der Waals surface area contributed by atoms with Gasteiger partial charge >= 0.3 is 0 Å². The van der Waals surface area contributed by atoms with Crippen LogP contribution in [-0.4, -0.2) is 24.2 Å². The van der Waals surface area contributed by atoms with Crippen LogP contribution in [0.1, 0.15) is 17.2 Å². The molecule has 0 saturated carbocycles. The molecule has 1 fully saturated rings. The van der Waals surface area contributed by atoms with Crippen molar-refractivity contribution in [3.8, 4) is 11.5 Å². The van der Waals surface area contributed by atoms with Crippen LogP contribution < -0.4 is 14.4 Å². The number of methoxy groups -OCH3 is 1. The quantitative estimate of drug-likeness (QED) is 0.667. The third kappa shape index (κ3) is 3.32. The van der Waals surface area contributed by atoms with E-state index in [0.717, 1.165) is 22.6 Å². The number of nitrogens with zero attached hydrogens (tertiary/aromatic N) is 1. The number of hydrogen-bond acceptors (Lipinski definition) is 4. The summed E-state index contributed by atoms with van der Waals surface area (Å²) in [5.41, 5.74) is 2.54. The van der Waals surface area contributed by atoms with E-state index in [4.69, 9.17) is 9.47 Å². The first kappa shape index (κ1) is 18.1. The first-order chi connectivity index (χ1) is 13.7. The number of para-hydroxylation sites is 1. The topological polar surface area (TPSA) is 59.0 Å². The Hall–Kier alpha value is -3.31. The van der Waals surface area contributed by atoms with Gasteiger partial charge in [-0.15, -0.1) is 0 Å². The van der Waals surface area contributed by atoms with Gasteiger partial charge in [-0.2, -0.15) is 0 Å². The summed E-state index contributed by atoms with van der Waals surface area (Å²) in [6.45, 7) is -0.0319. The van der Waals surface area contributed by atoms with Gasteiger partial charge in [-0.1, -0.05) is 42.5 Å². The molecule has 28 heavy (non-hydrogen) atoms. The molecule has 3 aromatic rings. The highest BCUT2D eigenvalue weighted by molar-refractivity contribution is 6.05. The Labute approximate surface area is 163 Å². The normalized spacial score (nSPS) is 18.5. The summed E-state index contributed by atoms with van der Waals surface area (Å²) in [4.78, 5) is 14.7. The molecule has 0 bridgehead atoms. The highest BCUT2D eigenvalue weighted by Crippen LogP contribution is 2.41. The zero-order valence-corrected chi connectivity index (χ0v) is 15.5. The van der Waals surface area contributed by atoms with Crippen molar-refractivity contribution in [2.24, 2.45) is 0 Å². The van der Waals surface area contributed by atoms with E-state index in [-0.39, 0.29) is 18.6 Å². The summed E-state index contributed by atoms with van der Waals surface area (Å²) < 4.78 is 11.3. The maximum Gasteiger partial charge on any atom is 0.271 e. The number of aliphatic hydroxyl groups excluding tert-OH is 1. The van der Waals surface area contributed by atoms with Gasteiger partial charge in [0.1, 0.15) is 17.5 Å². The molecular weight excluding hydrogens is 354 g/mol. The second-order valence-electron chi connectivity index (χ2n) is 6.60. The van der Waals surface area contributed by atoms with Crippen molar-refractivity contribution in [2.75, 3.05) is 12.0 Å². The van der Waals surface area contributed by atoms with Gasteiger partial charge in [-0.05, 0) is 47.5 Å². The van der Waals surface area contributed by atoms with E-state index >= 15 is 0 Å². The largest absolute Gasteiger partial charge is 0.497 e. The number of ether oxygens (including phenoxy) is 2. The molecule has 0 spiro atoms. The van der Waals surface area contributed by atoms with Crippen molar-refractivity contribution in [2.45, 2.75) is 18.8 Å². The second-order valence-corrected chi connectivity index (χ2v) is 6.60. The molecule has 0 aromatic heterocycles. The molecule has 5 nitrogen and oxygen atoms in total. The highest BCUT2D eigenvalue weighted by atomic mass is 16.5. The molecule has 1 amide bonds. The number of carbonyl (C=O) groups is 1. The van der Waals surface area contributed by atoms with Crippen molar-refractivity contribution in [3.05, 3.63) is 90.0 Å². The van der Waals surface area contributed by atoms with Crippen LogP contribution >= 0.6 is 0 Å². The molecule has 142 valence electrons. The molecule has 3 aromatic carbocycles. The Kier molecular flexibility index (Phi) is 5.00. The SMILES string of the molecule is COc1ccc(C2C(Oc3ccccc3)C(=O)N2c2ccc(CO)cc2)cc1. The summed E-state index contributed by atoms with van der Waals surface area (Å²) in [7, 11) is 1.62. The predicted molar refractivity (Wildman–Crippen MR) is 106 cm³/mol. The number of anilines is 1. The van der Waals surface area contributed by atoms with Crippen LogP contribution in [0.25, 0.3) is 0 Å². The molecule has 0 radical (unpaired) electrons. The van der Waals surface area contributed by atoms with Crippen molar-refractivity contribution in [1.29, 1.82) is 0 Å². The van der Waals surface area contributed by atoms with Crippen molar-refractivity contribution >= 4 is 11.6 Å². The van der Waals surface area contributed by atoms with Crippen molar-refractivity contribution in [3.63, 3.8) is 0 Å². The van der Waals surface area contributed by atoms with E-state index in [0.29, 0.717) is 5.75 Å². The first-order valence-electron chi connectivity index (χ1n) is 9.10. The second kappa shape index (κ2) is 7.74. The van der Waals surface area contributed by atoms with Gasteiger partial charge in [0.2, 0.25) is 6.10 Å². The lowest BCUT2D eigenvalue weighted by molar-refractivity contribution is -0.135. The summed E-state index contributed by atoms with van der Waals surface area (Å²) in [6.07, 6.45) is -0.603. The number of benzene rings is 3. The molecular formula is C23H21NO4. The minimum absolute atomic E-state index is 0.0319. The third-order valence-corrected chi connectivity index (χ3v) is 4.91. The minimum atomic E-state index is -0.603. The van der Waals surface area contributed by atoms with E-state index in [2.05, 4.69) is 0 Å². The Bertz CT molecular complexity index is 939. The Morgan fingerprint density at radius 1 is 0.893 bits per heavy atom. The fraction of sp³-hybridized carbons (Fsp3) is 0.174. The standard InChI is InChI=1S/C23H21NO4/c1-27-19-13-9-17(10-14-19)21-22(28-20-5-3-2-4-6-20)23(26)24(21)18-11-7-16(15-25)8-12-18/h2-14,21-22,25H,15H2,1H3. The van der Waals surface area contributed by atoms with Crippen LogP contribution in [0.2, 0.25) is 0 Å². The molecule has 1 saturated heterocycles. The fourth-order valence-electron chi connectivity index (χ4n) is 3.40. The molecule has 1 aliphatic rings. The number of rotatable bonds is 6. The van der Waals surface area contributed by atoms with Gasteiger partial charge in [-0.25, -0.2) is 0 Å². The summed E-state index contributed by atoms with van der Waals surface area (Å²) in [5.74, 6) is 1.32. The fourth-order valence-corrected chi connectivity index (χ4v) is 3.40. The van der Waals surface area contributed by atoms with E-state index in [1.165, 1.54) is 0 Å². The van der Waals surface area contributed by atoms with E-state index in [1.807, 2.05) is 78.9 Å². The maximum absolute atomic E-state index is 13.0. The third-order valence-electron chi connectivity index (χ3n) is 4.91. The average molecular weight is 375 g/mol. The van der Waals surface area contributed by atoms with E-state index < -0.39 is 6.10 Å². The van der Waals surface area contributed by atoms with Crippen molar-refractivity contribution < 1.29 is 19.4 Å². The molecule has 2 unspecified atom stereocenters. The molecule has 1 heterocycles. The van der Waals surface area contributed by atoms with E-state index in [9.17, 15) is 9.90 Å². The van der Waals surface area contributed by atoms with Crippen LogP contribution in [0.5, 0.6) is 11.5 Å². The number of aliphatic hydroxyl groups is 1. The van der Waals surface area contributed by atoms with Crippen LogP contribution in [0, 0.1) is 0 Å². The smallest absolute Gasteiger partial charge is 0.271 e. The zero-order valence-electron chi connectivity index (χ0n) is 15.5. The molecule has 1 N–H and O–H groups in total. The Morgan fingerprint density at radius 2 is 1.57 bits per heavy atom. The zero-order chi connectivity index (χ0) is 19.5. The van der Waals surface area contributed by atoms with Gasteiger partial charge in [0.05, 0.1) is 13.7 Å². The lowest BCUT2D eigenvalue weighted by atomic mass is 9.89. The first-order valence-corrected chi connectivity index (χ1v) is 9.10. The molecule has 0 aliphatic carbocycles. The van der Waals surface area contributed by atoms with Gasteiger partial charge in [0.25, 0.3) is 5.91 Å². The van der Waals surface area contributed by atoms with Crippen LogP contribution in [-0.2, 0) is 11.4 Å². The minimum Gasteiger partial charge on any atom is -0.497 e. The number of carbonyl (C=O) groups excluding carboxylic acids is 1. The lowest BCUT2D eigenvalue weighted by Crippen LogP contribution is -2.61. The summed E-state index contributed by atoms with van der Waals surface area (Å²) >= 11 is 0.